The number of rotatable bonds is 8. The van der Waals surface area contributed by atoms with Crippen molar-refractivity contribution in [1.82, 2.24) is 25.1 Å². The van der Waals surface area contributed by atoms with Gasteiger partial charge in [-0.15, -0.1) is 0 Å². The number of hydrogen-bond donors (Lipinski definition) is 2. The summed E-state index contributed by atoms with van der Waals surface area (Å²) >= 11 is 0. The minimum atomic E-state index is -0.659. The highest BCUT2D eigenvalue weighted by Gasteiger charge is 2.53. The molecule has 3 aromatic rings. The molecule has 2 heterocycles. The lowest BCUT2D eigenvalue weighted by atomic mass is 9.95. The van der Waals surface area contributed by atoms with Crippen LogP contribution in [0.4, 0.5) is 4.79 Å². The first-order chi connectivity index (χ1) is 19.4. The van der Waals surface area contributed by atoms with Gasteiger partial charge in [-0.25, -0.2) is 14.8 Å². The van der Waals surface area contributed by atoms with Crippen LogP contribution in [0, 0.1) is 0 Å². The molecule has 0 saturated carbocycles. The van der Waals surface area contributed by atoms with Gasteiger partial charge < -0.3 is 20.9 Å². The Balaban J connectivity index is 1.49. The highest BCUT2D eigenvalue weighted by atomic mass is 16.2. The van der Waals surface area contributed by atoms with Crippen molar-refractivity contribution in [1.29, 1.82) is 0 Å². The molecule has 0 aromatic heterocycles. The van der Waals surface area contributed by atoms with Gasteiger partial charge in [0.2, 0.25) is 11.8 Å². The van der Waals surface area contributed by atoms with Gasteiger partial charge >= 0.3 is 6.03 Å². The Morgan fingerprint density at radius 3 is 2.48 bits per heavy atom. The second-order valence-electron chi connectivity index (χ2n) is 10.7. The number of unbranched alkanes of at least 4 members (excludes halogenated alkanes) is 1. The van der Waals surface area contributed by atoms with Crippen molar-refractivity contribution in [2.24, 2.45) is 5.73 Å². The van der Waals surface area contributed by atoms with Gasteiger partial charge in [0, 0.05) is 20.1 Å². The zero-order chi connectivity index (χ0) is 28.2. The fraction of sp³-hybridized carbons (Fsp3) is 0.387. The molecule has 9 heteroatoms. The predicted octanol–water partition coefficient (Wildman–Crippen LogP) is 3.30. The lowest BCUT2D eigenvalue weighted by Gasteiger charge is -2.57. The molecule has 3 N–H and O–H groups in total. The molecular weight excluding hydrogens is 504 g/mol. The van der Waals surface area contributed by atoms with Crippen molar-refractivity contribution in [3.63, 3.8) is 0 Å². The molecule has 0 bridgehead atoms. The van der Waals surface area contributed by atoms with Crippen molar-refractivity contribution >= 4 is 28.6 Å². The van der Waals surface area contributed by atoms with Crippen LogP contribution in [0.3, 0.4) is 0 Å². The lowest BCUT2D eigenvalue weighted by Crippen LogP contribution is -2.78. The number of likely N-dealkylation sites (N-methyl/N-ethyl adjacent to an activating group) is 1. The van der Waals surface area contributed by atoms with E-state index in [1.807, 2.05) is 66.4 Å². The van der Waals surface area contributed by atoms with E-state index in [2.05, 4.69) is 23.5 Å². The average Bonchev–Trinajstić information content (AvgIpc) is 2.96. The Kier molecular flexibility index (Phi) is 8.32. The molecule has 2 fully saturated rings. The van der Waals surface area contributed by atoms with E-state index in [9.17, 15) is 14.4 Å². The van der Waals surface area contributed by atoms with E-state index in [1.54, 1.807) is 22.0 Å². The van der Waals surface area contributed by atoms with Crippen molar-refractivity contribution in [3.05, 3.63) is 83.9 Å². The Morgan fingerprint density at radius 1 is 0.975 bits per heavy atom. The molecule has 3 atom stereocenters. The summed E-state index contributed by atoms with van der Waals surface area (Å²) in [6.07, 6.45) is 1.34. The number of carbonyl (C=O) groups excluding carboxylic acids is 3. The van der Waals surface area contributed by atoms with E-state index in [1.165, 1.54) is 0 Å². The van der Waals surface area contributed by atoms with Crippen LogP contribution in [0.5, 0.6) is 0 Å². The fourth-order valence-electron chi connectivity index (χ4n) is 6.00. The SMILES string of the molecule is C[C@H]1[C@H]2N(C(=O)CN(C)N2C(=O)NCc2ccccc2)[C@@H](CCCCN)C(=O)N1Cc1cccc2ccccc12. The normalized spacial score (nSPS) is 21.6. The standard InChI is InChI=1S/C31H38N6O3/c1-22-29-36(28(38)21-34(2)37(29)31(40)33-19-23-11-4-3-5-12-23)27(17-8-9-18-32)30(39)35(22)20-25-15-10-14-24-13-6-7-16-26(24)25/h3-7,10-16,22,27,29H,8-9,17-21,32H2,1-2H3,(H,33,40)/t22-,27-,29-/m0/s1. The van der Waals surface area contributed by atoms with Gasteiger partial charge in [0.1, 0.15) is 12.2 Å². The smallest absolute Gasteiger partial charge is 0.333 e. The molecule has 210 valence electrons. The van der Waals surface area contributed by atoms with Gasteiger partial charge in [0.15, 0.2) is 0 Å². The summed E-state index contributed by atoms with van der Waals surface area (Å²) in [5.74, 6) is -0.237. The molecule has 2 aliphatic heterocycles. The second-order valence-corrected chi connectivity index (χ2v) is 10.7. The Bertz CT molecular complexity index is 1360. The number of hydrazine groups is 1. The number of nitrogens with zero attached hydrogens (tertiary/aromatic N) is 4. The maximum atomic E-state index is 14.1. The second kappa shape index (κ2) is 12.1. The van der Waals surface area contributed by atoms with Crippen LogP contribution < -0.4 is 11.1 Å². The molecule has 0 unspecified atom stereocenters. The molecule has 0 radical (unpaired) electrons. The summed E-state index contributed by atoms with van der Waals surface area (Å²) < 4.78 is 0. The first kappa shape index (κ1) is 27.6. The van der Waals surface area contributed by atoms with E-state index < -0.39 is 18.2 Å². The van der Waals surface area contributed by atoms with Crippen molar-refractivity contribution in [3.8, 4) is 0 Å². The highest BCUT2D eigenvalue weighted by Crippen LogP contribution is 2.33. The molecule has 5 rings (SSSR count). The van der Waals surface area contributed by atoms with Gasteiger partial charge in [-0.05, 0) is 54.6 Å². The summed E-state index contributed by atoms with van der Waals surface area (Å²) in [6.45, 7) is 3.21. The van der Waals surface area contributed by atoms with Gasteiger partial charge in [0.25, 0.3) is 0 Å². The van der Waals surface area contributed by atoms with Crippen LogP contribution in [0.25, 0.3) is 10.8 Å². The highest BCUT2D eigenvalue weighted by molar-refractivity contribution is 5.92. The predicted molar refractivity (Wildman–Crippen MR) is 154 cm³/mol. The van der Waals surface area contributed by atoms with Crippen LogP contribution in [0.1, 0.15) is 37.3 Å². The number of nitrogens with two attached hydrogens (primary N) is 1. The number of piperazine rings is 1. The van der Waals surface area contributed by atoms with E-state index in [4.69, 9.17) is 5.73 Å². The topological polar surface area (TPSA) is 102 Å². The number of fused-ring (bicyclic) bond motifs is 2. The molecule has 0 spiro atoms. The summed E-state index contributed by atoms with van der Waals surface area (Å²) in [4.78, 5) is 44.8. The first-order valence-corrected chi connectivity index (χ1v) is 14.0. The molecule has 40 heavy (non-hydrogen) atoms. The summed E-state index contributed by atoms with van der Waals surface area (Å²) in [5.41, 5.74) is 7.77. The molecular formula is C31H38N6O3. The minimum Gasteiger partial charge on any atom is -0.333 e. The van der Waals surface area contributed by atoms with E-state index in [0.717, 1.165) is 34.7 Å². The van der Waals surface area contributed by atoms with Crippen molar-refractivity contribution < 1.29 is 14.4 Å². The third kappa shape index (κ3) is 5.39. The third-order valence-corrected chi connectivity index (χ3v) is 8.03. The molecule has 9 nitrogen and oxygen atoms in total. The quantitative estimate of drug-likeness (QED) is 0.426. The summed E-state index contributed by atoms with van der Waals surface area (Å²) in [5, 5.41) is 8.50. The zero-order valence-corrected chi connectivity index (χ0v) is 23.2. The first-order valence-electron chi connectivity index (χ1n) is 14.0. The maximum absolute atomic E-state index is 14.1. The number of carbonyl (C=O) groups is 3. The molecule has 4 amide bonds. The van der Waals surface area contributed by atoms with Gasteiger partial charge in [-0.3, -0.25) is 9.59 Å². The molecule has 2 aliphatic rings. The van der Waals surface area contributed by atoms with Crippen LogP contribution in [0.2, 0.25) is 0 Å². The van der Waals surface area contributed by atoms with Gasteiger partial charge in [-0.2, -0.15) is 0 Å². The number of amides is 4. The van der Waals surface area contributed by atoms with Gasteiger partial charge in [-0.1, -0.05) is 72.8 Å². The van der Waals surface area contributed by atoms with E-state index >= 15 is 0 Å². The molecule has 0 aliphatic carbocycles. The average molecular weight is 543 g/mol. The van der Waals surface area contributed by atoms with Crippen LogP contribution in [0.15, 0.2) is 72.8 Å². The maximum Gasteiger partial charge on any atom is 0.334 e. The lowest BCUT2D eigenvalue weighted by molar-refractivity contribution is -0.196. The Labute approximate surface area is 235 Å². The monoisotopic (exact) mass is 542 g/mol. The Morgan fingerprint density at radius 2 is 1.70 bits per heavy atom. The number of hydrogen-bond acceptors (Lipinski definition) is 5. The Hall–Kier alpha value is -3.95. The molecule has 3 aromatic carbocycles. The van der Waals surface area contributed by atoms with Gasteiger partial charge in [0.05, 0.1) is 12.6 Å². The van der Waals surface area contributed by atoms with Crippen molar-refractivity contribution in [2.45, 2.75) is 57.5 Å². The third-order valence-electron chi connectivity index (χ3n) is 8.03. The van der Waals surface area contributed by atoms with E-state index in [-0.39, 0.29) is 24.4 Å². The minimum absolute atomic E-state index is 0.0198. The number of nitrogens with one attached hydrogen (secondary N) is 1. The largest absolute Gasteiger partial charge is 0.334 e. The van der Waals surface area contributed by atoms with Crippen LogP contribution in [-0.4, -0.2) is 76.0 Å². The summed E-state index contributed by atoms with van der Waals surface area (Å²) in [6, 6.07) is 22.5. The van der Waals surface area contributed by atoms with Crippen LogP contribution in [-0.2, 0) is 22.7 Å². The summed E-state index contributed by atoms with van der Waals surface area (Å²) in [7, 11) is 1.75. The number of urea groups is 1. The van der Waals surface area contributed by atoms with Crippen LogP contribution >= 0.6 is 0 Å². The fourth-order valence-corrected chi connectivity index (χ4v) is 6.00. The zero-order valence-electron chi connectivity index (χ0n) is 23.2. The number of benzene rings is 3. The molecule has 2 saturated heterocycles. The van der Waals surface area contributed by atoms with E-state index in [0.29, 0.717) is 26.1 Å². The van der Waals surface area contributed by atoms with Crippen molar-refractivity contribution in [2.75, 3.05) is 20.1 Å².